The minimum Gasteiger partial charge on any atom is -0.471 e. The third-order valence-electron chi connectivity index (χ3n) is 4.18. The van der Waals surface area contributed by atoms with E-state index < -0.39 is 0 Å². The van der Waals surface area contributed by atoms with Crippen LogP contribution in [0.5, 0.6) is 5.88 Å². The average Bonchev–Trinajstić information content (AvgIpc) is 3.07. The molecule has 7 nitrogen and oxygen atoms in total. The molecule has 0 saturated carbocycles. The van der Waals surface area contributed by atoms with Gasteiger partial charge in [0.05, 0.1) is 18.7 Å². The largest absolute Gasteiger partial charge is 0.471 e. The van der Waals surface area contributed by atoms with Gasteiger partial charge < -0.3 is 9.64 Å². The molecule has 114 valence electrons. The molecule has 1 aromatic heterocycles. The molecule has 7 heteroatoms. The van der Waals surface area contributed by atoms with Crippen molar-refractivity contribution in [1.29, 1.82) is 0 Å². The van der Waals surface area contributed by atoms with Crippen LogP contribution in [0.1, 0.15) is 20.3 Å². The van der Waals surface area contributed by atoms with E-state index in [2.05, 4.69) is 20.8 Å². The van der Waals surface area contributed by atoms with Gasteiger partial charge in [-0.05, 0) is 13.8 Å². The number of rotatable bonds is 3. The molecule has 1 aromatic rings. The van der Waals surface area contributed by atoms with Crippen LogP contribution in [0.25, 0.3) is 0 Å². The van der Waals surface area contributed by atoms with E-state index in [1.54, 1.807) is 18.6 Å². The SMILES string of the molecule is CC1NNC(C)C1C(=O)N1CCC(Oc2cnccn2)C1. The lowest BCUT2D eigenvalue weighted by molar-refractivity contribution is -0.135. The Morgan fingerprint density at radius 1 is 1.33 bits per heavy atom. The Bertz CT molecular complexity index is 487. The maximum atomic E-state index is 12.6. The van der Waals surface area contributed by atoms with E-state index in [0.717, 1.165) is 13.0 Å². The smallest absolute Gasteiger partial charge is 0.232 e. The fraction of sp³-hybridized carbons (Fsp3) is 0.643. The zero-order valence-electron chi connectivity index (χ0n) is 12.3. The Kier molecular flexibility index (Phi) is 4.03. The van der Waals surface area contributed by atoms with Gasteiger partial charge in [0.2, 0.25) is 11.8 Å². The summed E-state index contributed by atoms with van der Waals surface area (Å²) >= 11 is 0. The molecular formula is C14H21N5O2. The first kappa shape index (κ1) is 14.2. The van der Waals surface area contributed by atoms with Gasteiger partial charge >= 0.3 is 0 Å². The number of carbonyl (C=O) groups is 1. The lowest BCUT2D eigenvalue weighted by Gasteiger charge is -2.24. The highest BCUT2D eigenvalue weighted by molar-refractivity contribution is 5.81. The van der Waals surface area contributed by atoms with Gasteiger partial charge in [-0.25, -0.2) is 4.98 Å². The Morgan fingerprint density at radius 2 is 2.10 bits per heavy atom. The van der Waals surface area contributed by atoms with Crippen LogP contribution in [0, 0.1) is 5.92 Å². The summed E-state index contributed by atoms with van der Waals surface area (Å²) in [7, 11) is 0. The molecule has 2 fully saturated rings. The summed E-state index contributed by atoms with van der Waals surface area (Å²) in [5, 5.41) is 0. The third-order valence-corrected chi connectivity index (χ3v) is 4.18. The third kappa shape index (κ3) is 2.98. The van der Waals surface area contributed by atoms with E-state index in [-0.39, 0.29) is 30.0 Å². The molecule has 0 bridgehead atoms. The lowest BCUT2D eigenvalue weighted by atomic mass is 9.95. The Morgan fingerprint density at radius 3 is 2.76 bits per heavy atom. The van der Waals surface area contributed by atoms with E-state index in [4.69, 9.17) is 4.74 Å². The quantitative estimate of drug-likeness (QED) is 0.813. The van der Waals surface area contributed by atoms with Crippen molar-refractivity contribution >= 4 is 5.91 Å². The standard InChI is InChI=1S/C14H21N5O2/c1-9-13(10(2)18-17-9)14(20)19-6-3-11(8-19)21-12-7-15-4-5-16-12/h4-5,7,9-11,13,17-18H,3,6,8H2,1-2H3. The van der Waals surface area contributed by atoms with Gasteiger partial charge in [-0.1, -0.05) is 0 Å². The monoisotopic (exact) mass is 291 g/mol. The molecule has 3 atom stereocenters. The van der Waals surface area contributed by atoms with Crippen molar-refractivity contribution in [2.75, 3.05) is 13.1 Å². The highest BCUT2D eigenvalue weighted by atomic mass is 16.5. The molecule has 3 heterocycles. The summed E-state index contributed by atoms with van der Waals surface area (Å²) in [5.74, 6) is 0.681. The first-order chi connectivity index (χ1) is 10.1. The molecule has 2 N–H and O–H groups in total. The maximum Gasteiger partial charge on any atom is 0.232 e. The normalized spacial score (nSPS) is 32.4. The van der Waals surface area contributed by atoms with E-state index in [9.17, 15) is 4.79 Å². The lowest BCUT2D eigenvalue weighted by Crippen LogP contribution is -2.42. The van der Waals surface area contributed by atoms with E-state index in [1.165, 1.54) is 0 Å². The molecule has 0 spiro atoms. The fourth-order valence-electron chi connectivity index (χ4n) is 3.06. The van der Waals surface area contributed by atoms with Crippen LogP contribution in [0.2, 0.25) is 0 Å². The highest BCUT2D eigenvalue weighted by Crippen LogP contribution is 2.22. The van der Waals surface area contributed by atoms with Crippen molar-refractivity contribution in [2.24, 2.45) is 5.92 Å². The number of likely N-dealkylation sites (tertiary alicyclic amines) is 1. The molecule has 3 rings (SSSR count). The van der Waals surface area contributed by atoms with Gasteiger partial charge in [0.25, 0.3) is 0 Å². The summed E-state index contributed by atoms with van der Waals surface area (Å²) in [6.45, 7) is 5.41. The van der Waals surface area contributed by atoms with Crippen molar-refractivity contribution < 1.29 is 9.53 Å². The molecule has 21 heavy (non-hydrogen) atoms. The number of nitrogens with zero attached hydrogens (tertiary/aromatic N) is 3. The molecule has 3 unspecified atom stereocenters. The van der Waals surface area contributed by atoms with E-state index >= 15 is 0 Å². The van der Waals surface area contributed by atoms with Gasteiger partial charge in [0.15, 0.2) is 0 Å². The topological polar surface area (TPSA) is 79.4 Å². The number of carbonyl (C=O) groups excluding carboxylic acids is 1. The predicted octanol–water partition coefficient (Wildman–Crippen LogP) is -0.0427. The van der Waals surface area contributed by atoms with Crippen molar-refractivity contribution in [3.05, 3.63) is 18.6 Å². The number of amides is 1. The zero-order chi connectivity index (χ0) is 14.8. The zero-order valence-corrected chi connectivity index (χ0v) is 12.3. The molecule has 0 aliphatic carbocycles. The first-order valence-electron chi connectivity index (χ1n) is 7.37. The second-order valence-corrected chi connectivity index (χ2v) is 5.75. The summed E-state index contributed by atoms with van der Waals surface area (Å²) < 4.78 is 5.77. The number of hydrazine groups is 1. The van der Waals surface area contributed by atoms with E-state index in [1.807, 2.05) is 18.7 Å². The van der Waals surface area contributed by atoms with Crippen LogP contribution in [-0.4, -0.2) is 52.1 Å². The van der Waals surface area contributed by atoms with Crippen LogP contribution in [0.15, 0.2) is 18.6 Å². The van der Waals surface area contributed by atoms with Crippen LogP contribution in [0.3, 0.4) is 0 Å². The number of aromatic nitrogens is 2. The first-order valence-corrected chi connectivity index (χ1v) is 7.37. The van der Waals surface area contributed by atoms with Gasteiger partial charge in [-0.3, -0.25) is 20.6 Å². The number of ether oxygens (including phenoxy) is 1. The van der Waals surface area contributed by atoms with Crippen molar-refractivity contribution in [2.45, 2.75) is 38.5 Å². The molecular weight excluding hydrogens is 270 g/mol. The Balaban J connectivity index is 1.58. The minimum atomic E-state index is -0.0275. The molecule has 2 saturated heterocycles. The van der Waals surface area contributed by atoms with Gasteiger partial charge in [-0.2, -0.15) is 0 Å². The molecule has 1 amide bonds. The maximum absolute atomic E-state index is 12.6. The van der Waals surface area contributed by atoms with E-state index in [0.29, 0.717) is 12.4 Å². The average molecular weight is 291 g/mol. The Hall–Kier alpha value is -1.73. The van der Waals surface area contributed by atoms with Crippen LogP contribution < -0.4 is 15.6 Å². The second-order valence-electron chi connectivity index (χ2n) is 5.75. The van der Waals surface area contributed by atoms with Crippen LogP contribution in [-0.2, 0) is 4.79 Å². The summed E-state index contributed by atoms with van der Waals surface area (Å²) in [6, 6.07) is 0.292. The van der Waals surface area contributed by atoms with Crippen LogP contribution in [0.4, 0.5) is 0 Å². The summed E-state index contributed by atoms with van der Waals surface area (Å²) in [6.07, 6.45) is 5.64. The minimum absolute atomic E-state index is 0.00131. The molecule has 0 aromatic carbocycles. The van der Waals surface area contributed by atoms with Crippen molar-refractivity contribution in [3.63, 3.8) is 0 Å². The van der Waals surface area contributed by atoms with Gasteiger partial charge in [0, 0.05) is 37.4 Å². The summed E-state index contributed by atoms with van der Waals surface area (Å²) in [4.78, 5) is 22.6. The Labute approximate surface area is 124 Å². The van der Waals surface area contributed by atoms with Crippen LogP contribution >= 0.6 is 0 Å². The fourth-order valence-corrected chi connectivity index (χ4v) is 3.06. The van der Waals surface area contributed by atoms with Gasteiger partial charge in [0.1, 0.15) is 6.10 Å². The molecule has 2 aliphatic rings. The number of nitrogens with one attached hydrogen (secondary N) is 2. The van der Waals surface area contributed by atoms with Crippen molar-refractivity contribution in [1.82, 2.24) is 25.7 Å². The van der Waals surface area contributed by atoms with Crippen molar-refractivity contribution in [3.8, 4) is 5.88 Å². The number of hydrogen-bond acceptors (Lipinski definition) is 6. The predicted molar refractivity (Wildman–Crippen MR) is 76.3 cm³/mol. The summed E-state index contributed by atoms with van der Waals surface area (Å²) in [5.41, 5.74) is 6.26. The highest BCUT2D eigenvalue weighted by Gasteiger charge is 2.40. The number of hydrogen-bond donors (Lipinski definition) is 2. The second kappa shape index (κ2) is 5.95. The van der Waals surface area contributed by atoms with Gasteiger partial charge in [-0.15, -0.1) is 0 Å². The molecule has 0 radical (unpaired) electrons. The molecule has 2 aliphatic heterocycles.